The molecule has 5 fully saturated rings. The Balaban J connectivity index is 0.000000329. The van der Waals surface area contributed by atoms with Gasteiger partial charge < -0.3 is 39.2 Å². The van der Waals surface area contributed by atoms with Gasteiger partial charge in [0.15, 0.2) is 0 Å². The molecule has 0 bridgehead atoms. The first-order valence-electron chi connectivity index (χ1n) is 26.5. The molecule has 0 radical (unpaired) electrons. The number of halogens is 1. The zero-order chi connectivity index (χ0) is 60.2. The number of esters is 2. The van der Waals surface area contributed by atoms with Gasteiger partial charge in [-0.1, -0.05) is 132 Å². The quantitative estimate of drug-likeness (QED) is 0.135. The fourth-order valence-electron chi connectivity index (χ4n) is 7.74. The van der Waals surface area contributed by atoms with Crippen molar-refractivity contribution < 1.29 is 72.0 Å². The Labute approximate surface area is 475 Å². The number of ether oxygens (including phenoxy) is 4. The number of carbonyl (C=O) groups is 10. The predicted octanol–water partition coefficient (Wildman–Crippen LogP) is 8.70. The Bertz CT molecular complexity index is 2410. The zero-order valence-corrected chi connectivity index (χ0v) is 50.5. The summed E-state index contributed by atoms with van der Waals surface area (Å²) in [5.74, 6) is -1.63. The van der Waals surface area contributed by atoms with Gasteiger partial charge in [0, 0.05) is 60.8 Å². The smallest absolute Gasteiger partial charge is 0.417 e. The number of likely N-dealkylation sites (tertiary alicyclic amines) is 4. The summed E-state index contributed by atoms with van der Waals surface area (Å²) >= 11 is 3.01. The summed E-state index contributed by atoms with van der Waals surface area (Å²) in [5, 5.41) is 11.5. The molecule has 5 saturated heterocycles. The number of nitrogens with zero attached hydrogens (tertiary/aromatic N) is 4. The Hall–Kier alpha value is -6.38. The van der Waals surface area contributed by atoms with Gasteiger partial charge in [0.1, 0.15) is 42.8 Å². The minimum atomic E-state index is -0.943. The van der Waals surface area contributed by atoms with Crippen molar-refractivity contribution >= 4 is 75.6 Å². The number of hydrogen-bond acceptors (Lipinski definition) is 14. The number of amides is 7. The van der Waals surface area contributed by atoms with Gasteiger partial charge in [0.25, 0.3) is 0 Å². The molecule has 7 amide bonds. The van der Waals surface area contributed by atoms with Crippen LogP contribution in [0.4, 0.5) is 9.59 Å². The second-order valence-electron chi connectivity index (χ2n) is 24.1. The highest BCUT2D eigenvalue weighted by Gasteiger charge is 2.44. The van der Waals surface area contributed by atoms with Gasteiger partial charge in [0.05, 0.1) is 0 Å². The van der Waals surface area contributed by atoms with Crippen molar-refractivity contribution in [2.24, 2.45) is 21.7 Å². The van der Waals surface area contributed by atoms with Crippen molar-refractivity contribution in [1.82, 2.24) is 24.9 Å². The number of rotatable bonds is 9. The highest BCUT2D eigenvalue weighted by Crippen LogP contribution is 2.33. The number of carbonyl (C=O) groups excluding carboxylic acids is 9. The molecular formula is C58H86BrN5O15. The maximum Gasteiger partial charge on any atom is 0.417 e. The van der Waals surface area contributed by atoms with E-state index in [0.29, 0.717) is 45.6 Å². The Kier molecular flexibility index (Phi) is 26.3. The Morgan fingerprint density at radius 3 is 1.29 bits per heavy atom. The van der Waals surface area contributed by atoms with Crippen molar-refractivity contribution in [2.45, 2.75) is 160 Å². The number of benzene rings is 2. The molecule has 440 valence electrons. The molecule has 79 heavy (non-hydrogen) atoms. The van der Waals surface area contributed by atoms with Crippen molar-refractivity contribution in [2.75, 3.05) is 51.1 Å². The summed E-state index contributed by atoms with van der Waals surface area (Å²) in [7, 11) is 0. The first-order chi connectivity index (χ1) is 36.4. The Morgan fingerprint density at radius 1 is 0.557 bits per heavy atom. The average Bonchev–Trinajstić information content (AvgIpc) is 4.13. The summed E-state index contributed by atoms with van der Waals surface area (Å²) < 4.78 is 20.3. The molecule has 0 saturated carbocycles. The van der Waals surface area contributed by atoms with E-state index in [4.69, 9.17) is 24.1 Å². The Morgan fingerprint density at radius 2 is 0.975 bits per heavy atom. The summed E-state index contributed by atoms with van der Waals surface area (Å²) in [6.45, 7) is 29.3. The molecule has 0 unspecified atom stereocenters. The summed E-state index contributed by atoms with van der Waals surface area (Å²) in [6, 6.07) is 19.1. The lowest BCUT2D eigenvalue weighted by atomic mass is 9.92. The lowest BCUT2D eigenvalue weighted by Gasteiger charge is -2.24. The molecule has 21 heteroatoms. The predicted molar refractivity (Wildman–Crippen MR) is 299 cm³/mol. The zero-order valence-electron chi connectivity index (χ0n) is 48.9. The first-order valence-corrected chi connectivity index (χ1v) is 27.7. The van der Waals surface area contributed by atoms with Crippen LogP contribution in [0, 0.1) is 21.7 Å². The summed E-state index contributed by atoms with van der Waals surface area (Å²) in [6.07, 6.45) is 3.37. The molecule has 0 spiro atoms. The third kappa shape index (κ3) is 24.7. The second-order valence-corrected chi connectivity index (χ2v) is 24.7. The second kappa shape index (κ2) is 30.3. The number of aliphatic carboxylic acids is 1. The number of nitrogens with one attached hydrogen (secondary N) is 1. The third-order valence-electron chi connectivity index (χ3n) is 12.7. The maximum absolute atomic E-state index is 12.0. The average molecular weight is 1170 g/mol. The minimum absolute atomic E-state index is 0.0316. The molecule has 20 nitrogen and oxygen atoms in total. The van der Waals surface area contributed by atoms with Crippen LogP contribution < -0.4 is 5.32 Å². The molecule has 7 rings (SSSR count). The maximum atomic E-state index is 12.0. The monoisotopic (exact) mass is 1170 g/mol. The molecule has 2 aromatic carbocycles. The number of hydrogen-bond donors (Lipinski definition) is 2. The molecule has 0 aliphatic carbocycles. The molecular weight excluding hydrogens is 1090 g/mol. The molecule has 5 aliphatic heterocycles. The van der Waals surface area contributed by atoms with Crippen LogP contribution in [0.25, 0.3) is 0 Å². The van der Waals surface area contributed by atoms with Crippen LogP contribution in [0.2, 0.25) is 0 Å². The van der Waals surface area contributed by atoms with Crippen LogP contribution in [0.1, 0.15) is 147 Å². The standard InChI is InChI=1S/C15H19NO3.C11H19NO3.C9H9BrO2.C9H15NO3.C8H13NO3.C6H11NO/c1-15(2)8-9-16(14(15)18)10-13(17)19-11-12-6-4-3-5-7-12;1-10(2,3)15-9(14)12-7-6-11(4,5)8(12)13;10-6-9(11)12-7-8-4-2-1-3-5-8;1-9(2,3)13-8(12)10-6-4-5-7(10)11;1-8(2)3-4-9(7(8)12)5-6(10)11;1-6(2)3-4-7-5(6)8/h3-7H,8-11H2,1-2H3;6-7H2,1-5H3;1-5H,6-7H2;4-6H2,1-3H3;3-5H2,1-2H3,(H,10,11);3-4H2,1-2H3,(H,7,8). The van der Waals surface area contributed by atoms with Crippen molar-refractivity contribution in [1.29, 1.82) is 0 Å². The van der Waals surface area contributed by atoms with E-state index in [2.05, 4.69) is 21.2 Å². The van der Waals surface area contributed by atoms with Crippen molar-refractivity contribution in [3.05, 3.63) is 71.8 Å². The van der Waals surface area contributed by atoms with E-state index in [-0.39, 0.29) is 82.7 Å². The summed E-state index contributed by atoms with van der Waals surface area (Å²) in [5.41, 5.74) is -0.369. The van der Waals surface area contributed by atoms with E-state index < -0.39 is 34.8 Å². The fraction of sp³-hybridized carbons (Fsp3) is 0.621. The van der Waals surface area contributed by atoms with E-state index in [1.807, 2.05) is 116 Å². The van der Waals surface area contributed by atoms with Gasteiger partial charge in [-0.3, -0.25) is 38.4 Å². The van der Waals surface area contributed by atoms with Gasteiger partial charge in [-0.25, -0.2) is 19.4 Å². The van der Waals surface area contributed by atoms with Gasteiger partial charge in [-0.15, -0.1) is 0 Å². The lowest BCUT2D eigenvalue weighted by molar-refractivity contribution is -0.150. The summed E-state index contributed by atoms with van der Waals surface area (Å²) in [4.78, 5) is 118. The molecule has 0 atom stereocenters. The van der Waals surface area contributed by atoms with Crippen molar-refractivity contribution in [3.63, 3.8) is 0 Å². The molecule has 2 aromatic rings. The normalized spacial score (nSPS) is 18.3. The van der Waals surface area contributed by atoms with Crippen molar-refractivity contribution in [3.8, 4) is 0 Å². The van der Waals surface area contributed by atoms with Crippen LogP contribution in [-0.4, -0.2) is 147 Å². The highest BCUT2D eigenvalue weighted by molar-refractivity contribution is 9.09. The molecule has 2 N–H and O–H groups in total. The number of carboxylic acid groups (broad SMARTS) is 1. The number of carboxylic acids is 1. The molecule has 5 heterocycles. The van der Waals surface area contributed by atoms with Crippen LogP contribution in [0.5, 0.6) is 0 Å². The van der Waals surface area contributed by atoms with Gasteiger partial charge >= 0.3 is 30.1 Å². The number of imide groups is 2. The first kappa shape index (κ1) is 68.7. The minimum Gasteiger partial charge on any atom is -0.480 e. The topological polar surface area (TPSA) is 253 Å². The van der Waals surface area contributed by atoms with E-state index in [1.165, 1.54) is 14.7 Å². The van der Waals surface area contributed by atoms with E-state index >= 15 is 0 Å². The highest BCUT2D eigenvalue weighted by atomic mass is 79.9. The van der Waals surface area contributed by atoms with E-state index in [9.17, 15) is 47.9 Å². The SMILES string of the molecule is CC(C)(C)OC(=O)N1CCC(C)(C)C1=O.CC(C)(C)OC(=O)N1CCCC1=O.CC1(C)CCN(CC(=O)O)C1=O.CC1(C)CCN(CC(=O)OCc2ccccc2)C1=O.CC1(C)CCNC1=O.O=C(CBr)OCc1ccccc1. The van der Waals surface area contributed by atoms with Gasteiger partial charge in [-0.2, -0.15) is 0 Å². The lowest BCUT2D eigenvalue weighted by Crippen LogP contribution is -2.40. The van der Waals surface area contributed by atoms with Gasteiger partial charge in [-0.05, 0) is 84.8 Å². The molecule has 5 aliphatic rings. The van der Waals surface area contributed by atoms with E-state index in [1.54, 1.807) is 46.4 Å². The number of alkyl halides is 1. The fourth-order valence-corrected chi connectivity index (χ4v) is 7.90. The largest absolute Gasteiger partial charge is 0.480 e. The molecule has 0 aromatic heterocycles. The van der Waals surface area contributed by atoms with Crippen LogP contribution in [-0.2, 0) is 70.5 Å². The van der Waals surface area contributed by atoms with Crippen LogP contribution >= 0.6 is 15.9 Å². The van der Waals surface area contributed by atoms with Gasteiger partial charge in [0.2, 0.25) is 29.5 Å². The van der Waals surface area contributed by atoms with Crippen LogP contribution in [0.3, 0.4) is 0 Å². The van der Waals surface area contributed by atoms with Crippen LogP contribution in [0.15, 0.2) is 60.7 Å². The third-order valence-corrected chi connectivity index (χ3v) is 13.2. The van der Waals surface area contributed by atoms with E-state index in [0.717, 1.165) is 43.4 Å².